The summed E-state index contributed by atoms with van der Waals surface area (Å²) < 4.78 is 0. The van der Waals surface area contributed by atoms with E-state index in [1.165, 1.54) is 96.3 Å². The van der Waals surface area contributed by atoms with Gasteiger partial charge in [0, 0.05) is 14.1 Å². The van der Waals surface area contributed by atoms with Crippen LogP contribution in [0.4, 0.5) is 0 Å². The molecule has 0 aromatic rings. The van der Waals surface area contributed by atoms with Crippen LogP contribution in [0.25, 0.3) is 0 Å². The van der Waals surface area contributed by atoms with Crippen molar-refractivity contribution >= 4 is 0 Å². The molecule has 0 aliphatic rings. The number of nitrogens with zero attached hydrogens (tertiary/aromatic N) is 1. The molecule has 0 fully saturated rings. The van der Waals surface area contributed by atoms with Crippen LogP contribution in [0.5, 0.6) is 0 Å². The van der Waals surface area contributed by atoms with Gasteiger partial charge in [0.25, 0.3) is 0 Å². The predicted octanol–water partition coefficient (Wildman–Crippen LogP) is 6.11. The second-order valence-electron chi connectivity index (χ2n) is 6.73. The Morgan fingerprint density at radius 3 is 1.32 bits per heavy atom. The summed E-state index contributed by atoms with van der Waals surface area (Å²) in [5.41, 5.74) is 0. The third-order valence-electron chi connectivity index (χ3n) is 4.13. The van der Waals surface area contributed by atoms with Crippen molar-refractivity contribution in [3.05, 3.63) is 12.3 Å². The van der Waals surface area contributed by atoms with Crippen LogP contribution < -0.4 is 0 Å². The summed E-state index contributed by atoms with van der Waals surface area (Å²) in [6.07, 6.45) is 25.9. The monoisotopic (exact) mass is 313 g/mol. The quantitative estimate of drug-likeness (QED) is 0.317. The first kappa shape index (κ1) is 23.8. The minimum absolute atomic E-state index is 0. The van der Waals surface area contributed by atoms with Gasteiger partial charge in [0.2, 0.25) is 0 Å². The van der Waals surface area contributed by atoms with E-state index in [2.05, 4.69) is 38.2 Å². The summed E-state index contributed by atoms with van der Waals surface area (Å²) in [6.45, 7) is 2.29. The van der Waals surface area contributed by atoms with Crippen LogP contribution in [0.3, 0.4) is 0 Å². The van der Waals surface area contributed by atoms with E-state index in [4.69, 9.17) is 0 Å². The first-order chi connectivity index (χ1) is 10.3. The van der Waals surface area contributed by atoms with Crippen molar-refractivity contribution in [3.8, 4) is 0 Å². The molecule has 0 aromatic heterocycles. The van der Waals surface area contributed by atoms with Gasteiger partial charge in [0.15, 0.2) is 0 Å². The Morgan fingerprint density at radius 1 is 0.591 bits per heavy atom. The van der Waals surface area contributed by atoms with Gasteiger partial charge in [-0.2, -0.15) is 0 Å². The second-order valence-corrected chi connectivity index (χ2v) is 6.73. The minimum Gasteiger partial charge on any atom is -0.412 e. The molecule has 2 N–H and O–H groups in total. The fourth-order valence-corrected chi connectivity index (χ4v) is 2.74. The zero-order valence-electron chi connectivity index (χ0n) is 15.7. The molecule has 0 spiro atoms. The summed E-state index contributed by atoms with van der Waals surface area (Å²) >= 11 is 0. The number of hydrogen-bond acceptors (Lipinski definition) is 1. The van der Waals surface area contributed by atoms with Crippen LogP contribution in [0.15, 0.2) is 12.3 Å². The molecule has 0 radical (unpaired) electrons. The highest BCUT2D eigenvalue weighted by molar-refractivity contribution is 4.78. The lowest BCUT2D eigenvalue weighted by Crippen LogP contribution is -1.99. The van der Waals surface area contributed by atoms with Crippen LogP contribution in [0.1, 0.15) is 103 Å². The lowest BCUT2D eigenvalue weighted by atomic mass is 10.0. The Kier molecular flexibility index (Phi) is 22.1. The van der Waals surface area contributed by atoms with E-state index in [1.54, 1.807) is 0 Å². The molecular formula is C20H43NO. The Labute approximate surface area is 140 Å². The van der Waals surface area contributed by atoms with Gasteiger partial charge in [-0.15, -0.1) is 0 Å². The lowest BCUT2D eigenvalue weighted by Gasteiger charge is -2.04. The fraction of sp³-hybridized carbons (Fsp3) is 0.900. The molecule has 0 aliphatic carbocycles. The van der Waals surface area contributed by atoms with Gasteiger partial charge in [0.05, 0.1) is 0 Å². The highest BCUT2D eigenvalue weighted by Gasteiger charge is 1.93. The van der Waals surface area contributed by atoms with Crippen molar-refractivity contribution in [3.63, 3.8) is 0 Å². The van der Waals surface area contributed by atoms with E-state index < -0.39 is 0 Å². The third kappa shape index (κ3) is 21.8. The Hall–Kier alpha value is -0.500. The SMILES string of the molecule is CCCCCCCCCCCCCCCCC=CN(C)C.O. The summed E-state index contributed by atoms with van der Waals surface area (Å²) in [6, 6.07) is 0. The molecule has 134 valence electrons. The molecule has 0 unspecified atom stereocenters. The number of allylic oxidation sites excluding steroid dienone is 1. The first-order valence-corrected chi connectivity index (χ1v) is 9.60. The Morgan fingerprint density at radius 2 is 0.955 bits per heavy atom. The first-order valence-electron chi connectivity index (χ1n) is 9.60. The van der Waals surface area contributed by atoms with Gasteiger partial charge in [-0.25, -0.2) is 0 Å². The summed E-state index contributed by atoms with van der Waals surface area (Å²) in [5, 5.41) is 0. The predicted molar refractivity (Wildman–Crippen MR) is 101 cm³/mol. The molecule has 0 saturated heterocycles. The molecule has 2 nitrogen and oxygen atoms in total. The smallest absolute Gasteiger partial charge is 0.00555 e. The number of rotatable bonds is 16. The molecule has 0 aromatic carbocycles. The van der Waals surface area contributed by atoms with Gasteiger partial charge < -0.3 is 10.4 Å². The van der Waals surface area contributed by atoms with Crippen molar-refractivity contribution in [1.29, 1.82) is 0 Å². The molecule has 0 saturated carbocycles. The maximum absolute atomic E-state index is 2.29. The molecular weight excluding hydrogens is 270 g/mol. The number of unbranched alkanes of at least 4 members (excludes halogenated alkanes) is 14. The van der Waals surface area contributed by atoms with Crippen LogP contribution in [-0.4, -0.2) is 24.5 Å². The lowest BCUT2D eigenvalue weighted by molar-refractivity contribution is 0.534. The van der Waals surface area contributed by atoms with Crippen molar-refractivity contribution in [2.24, 2.45) is 0 Å². The van der Waals surface area contributed by atoms with Gasteiger partial charge >= 0.3 is 0 Å². The Bertz CT molecular complexity index is 214. The van der Waals surface area contributed by atoms with Crippen molar-refractivity contribution in [2.75, 3.05) is 14.1 Å². The molecule has 0 amide bonds. The number of hydrogen-bond donors (Lipinski definition) is 0. The van der Waals surface area contributed by atoms with E-state index in [-0.39, 0.29) is 5.48 Å². The highest BCUT2D eigenvalue weighted by atomic mass is 16.0. The van der Waals surface area contributed by atoms with Crippen LogP contribution in [-0.2, 0) is 0 Å². The molecule has 2 heteroatoms. The summed E-state index contributed by atoms with van der Waals surface area (Å²) in [5.74, 6) is 0. The maximum Gasteiger partial charge on any atom is 0.00555 e. The molecule has 0 bridgehead atoms. The second kappa shape index (κ2) is 20.5. The van der Waals surface area contributed by atoms with E-state index in [9.17, 15) is 0 Å². The summed E-state index contributed by atoms with van der Waals surface area (Å²) in [7, 11) is 4.17. The van der Waals surface area contributed by atoms with E-state index in [0.29, 0.717) is 0 Å². The van der Waals surface area contributed by atoms with E-state index >= 15 is 0 Å². The third-order valence-corrected chi connectivity index (χ3v) is 4.13. The Balaban J connectivity index is 0. The maximum atomic E-state index is 2.29. The van der Waals surface area contributed by atoms with Gasteiger partial charge in [-0.3, -0.25) is 0 Å². The van der Waals surface area contributed by atoms with Crippen LogP contribution >= 0.6 is 0 Å². The van der Waals surface area contributed by atoms with Gasteiger partial charge in [-0.05, 0) is 19.0 Å². The van der Waals surface area contributed by atoms with Crippen molar-refractivity contribution in [2.45, 2.75) is 103 Å². The van der Waals surface area contributed by atoms with Crippen molar-refractivity contribution < 1.29 is 5.48 Å². The molecule has 0 atom stereocenters. The molecule has 0 aliphatic heterocycles. The van der Waals surface area contributed by atoms with Crippen LogP contribution in [0, 0.1) is 0 Å². The zero-order valence-corrected chi connectivity index (χ0v) is 15.7. The van der Waals surface area contributed by atoms with E-state index in [0.717, 1.165) is 0 Å². The highest BCUT2D eigenvalue weighted by Crippen LogP contribution is 2.13. The van der Waals surface area contributed by atoms with E-state index in [1.807, 2.05) is 0 Å². The summed E-state index contributed by atoms with van der Waals surface area (Å²) in [4.78, 5) is 2.11. The minimum atomic E-state index is 0. The standard InChI is InChI=1S/C20H41N.H2O/c1-4-5-6-7-8-9-10-11-12-13-14-15-16-17-18-19-20-21(2)3;/h19-20H,4-18H2,1-3H3;1H2. The van der Waals surface area contributed by atoms with Crippen molar-refractivity contribution in [1.82, 2.24) is 4.90 Å². The van der Waals surface area contributed by atoms with Gasteiger partial charge in [-0.1, -0.05) is 96.5 Å². The molecule has 0 heterocycles. The van der Waals surface area contributed by atoms with Gasteiger partial charge in [0.1, 0.15) is 0 Å². The topological polar surface area (TPSA) is 34.7 Å². The fourth-order valence-electron chi connectivity index (χ4n) is 2.74. The average Bonchev–Trinajstić information content (AvgIpc) is 2.46. The molecule has 22 heavy (non-hydrogen) atoms. The normalized spacial score (nSPS) is 10.9. The zero-order chi connectivity index (χ0) is 15.6. The molecule has 0 rings (SSSR count). The van der Waals surface area contributed by atoms with Crippen LogP contribution in [0.2, 0.25) is 0 Å². The largest absolute Gasteiger partial charge is 0.412 e. The average molecular weight is 314 g/mol.